The number of ether oxygens (including phenoxy) is 1. The summed E-state index contributed by atoms with van der Waals surface area (Å²) in [6, 6.07) is 52.0. The molecule has 11 rings (SSSR count). The molecule has 2 aromatic heterocycles. The molecule has 0 spiro atoms. The van der Waals surface area contributed by atoms with Crippen molar-refractivity contribution >= 4 is 48.3 Å². The fraction of sp³-hybridized carbons (Fsp3) is 0.0851. The molecule has 1 aliphatic heterocycles. The van der Waals surface area contributed by atoms with Crippen molar-refractivity contribution < 1.29 is 9.15 Å². The molecule has 5 heteroatoms. The highest BCUT2D eigenvalue weighted by atomic mass is 32.1. The summed E-state index contributed by atoms with van der Waals surface area (Å²) in [6.45, 7) is 4.74. The molecule has 0 radical (unpaired) electrons. The first-order valence-corrected chi connectivity index (χ1v) is 18.5. The quantitative estimate of drug-likeness (QED) is 0.200. The second kappa shape index (κ2) is 10.9. The second-order valence-corrected chi connectivity index (χ2v) is 15.5. The Morgan fingerprint density at radius 2 is 1.35 bits per heavy atom. The maximum absolute atomic E-state index is 6.39. The molecule has 1 unspecified atom stereocenters. The van der Waals surface area contributed by atoms with E-state index >= 15 is 0 Å². The Kier molecular flexibility index (Phi) is 6.20. The van der Waals surface area contributed by atoms with E-state index in [0.717, 1.165) is 44.8 Å². The van der Waals surface area contributed by atoms with Crippen LogP contribution in [0.15, 0.2) is 150 Å². The lowest BCUT2D eigenvalue weighted by Crippen LogP contribution is -2.14. The lowest BCUT2D eigenvalue weighted by molar-refractivity contribution is 0.260. The SMILES string of the molecule is CC1(C)c2cc(-c3cccc(-c4cc(-c5nc6ccccc6o5)cc(C5Nc6ccccc6O5)c4)c3)ccc2-c2cc3c(cc21)sc1ccccc13. The van der Waals surface area contributed by atoms with E-state index in [9.17, 15) is 0 Å². The van der Waals surface area contributed by atoms with Gasteiger partial charge in [-0.25, -0.2) is 4.98 Å². The summed E-state index contributed by atoms with van der Waals surface area (Å²) in [5, 5.41) is 6.24. The topological polar surface area (TPSA) is 47.3 Å². The second-order valence-electron chi connectivity index (χ2n) is 14.4. The summed E-state index contributed by atoms with van der Waals surface area (Å²) < 4.78 is 15.4. The van der Waals surface area contributed by atoms with Crippen LogP contribution in [0.5, 0.6) is 5.75 Å². The number of anilines is 1. The fourth-order valence-corrected chi connectivity index (χ4v) is 9.36. The number of benzene rings is 7. The van der Waals surface area contributed by atoms with E-state index in [4.69, 9.17) is 14.1 Å². The van der Waals surface area contributed by atoms with E-state index in [1.54, 1.807) is 0 Å². The molecule has 1 N–H and O–H groups in total. The van der Waals surface area contributed by atoms with Crippen molar-refractivity contribution in [3.63, 3.8) is 0 Å². The molecule has 52 heavy (non-hydrogen) atoms. The van der Waals surface area contributed by atoms with Crippen LogP contribution < -0.4 is 10.1 Å². The smallest absolute Gasteiger partial charge is 0.227 e. The molecule has 2 aliphatic rings. The van der Waals surface area contributed by atoms with Crippen molar-refractivity contribution in [2.45, 2.75) is 25.5 Å². The molecule has 0 fully saturated rings. The summed E-state index contributed by atoms with van der Waals surface area (Å²) in [7, 11) is 0. The van der Waals surface area contributed by atoms with Crippen LogP contribution in [0, 0.1) is 0 Å². The number of hydrogen-bond donors (Lipinski definition) is 1. The molecule has 248 valence electrons. The Bertz CT molecular complexity index is 2860. The molecule has 1 atom stereocenters. The molecular weight excluding hydrogens is 657 g/mol. The van der Waals surface area contributed by atoms with Crippen molar-refractivity contribution in [2.24, 2.45) is 0 Å². The maximum atomic E-state index is 6.39. The zero-order valence-corrected chi connectivity index (χ0v) is 29.4. The first-order chi connectivity index (χ1) is 25.5. The Balaban J connectivity index is 1.00. The van der Waals surface area contributed by atoms with E-state index in [2.05, 4.69) is 116 Å². The number of hydrogen-bond acceptors (Lipinski definition) is 5. The molecule has 4 nitrogen and oxygen atoms in total. The highest BCUT2D eigenvalue weighted by molar-refractivity contribution is 7.25. The lowest BCUT2D eigenvalue weighted by atomic mass is 9.81. The van der Waals surface area contributed by atoms with Crippen LogP contribution in [0.1, 0.15) is 36.8 Å². The maximum Gasteiger partial charge on any atom is 0.227 e. The van der Waals surface area contributed by atoms with Crippen LogP contribution in [0.3, 0.4) is 0 Å². The predicted octanol–water partition coefficient (Wildman–Crippen LogP) is 13.0. The fourth-order valence-electron chi connectivity index (χ4n) is 8.24. The van der Waals surface area contributed by atoms with Crippen molar-refractivity contribution in [3.05, 3.63) is 162 Å². The van der Waals surface area contributed by atoms with Gasteiger partial charge in [0.25, 0.3) is 0 Å². The Hall–Kier alpha value is -6.17. The Labute approximate surface area is 305 Å². The van der Waals surface area contributed by atoms with E-state index < -0.39 is 0 Å². The summed E-state index contributed by atoms with van der Waals surface area (Å²) in [5.41, 5.74) is 14.4. The van der Waals surface area contributed by atoms with Gasteiger partial charge in [0.15, 0.2) is 11.8 Å². The molecule has 9 aromatic rings. The third-order valence-electron chi connectivity index (χ3n) is 10.9. The molecule has 0 saturated heterocycles. The first kappa shape index (κ1) is 29.5. The zero-order chi connectivity index (χ0) is 34.6. The van der Waals surface area contributed by atoms with Crippen molar-refractivity contribution in [3.8, 4) is 50.6 Å². The van der Waals surface area contributed by atoms with Gasteiger partial charge < -0.3 is 14.5 Å². The summed E-state index contributed by atoms with van der Waals surface area (Å²) in [4.78, 5) is 4.86. The van der Waals surface area contributed by atoms with E-state index in [1.807, 2.05) is 59.9 Å². The number of fused-ring (bicyclic) bond motifs is 8. The standard InChI is InChI=1S/C47H32N2O2S/c1-47(2)37-24-29(18-19-33(37)35-25-36-34-12-3-8-17-43(34)52-44(36)26-38(35)47)27-10-9-11-28(20-27)30-21-31(45-48-39-13-4-6-15-41(39)50-45)23-32(22-30)46-49-40-14-5-7-16-42(40)51-46/h3-26,45,48H,1-2H3. The van der Waals surface area contributed by atoms with Crippen LogP contribution >= 0.6 is 11.3 Å². The van der Waals surface area contributed by atoms with Gasteiger partial charge in [0.1, 0.15) is 11.3 Å². The number of thiophene rings is 1. The predicted molar refractivity (Wildman–Crippen MR) is 214 cm³/mol. The van der Waals surface area contributed by atoms with Crippen molar-refractivity contribution in [1.82, 2.24) is 4.98 Å². The third kappa shape index (κ3) is 4.49. The number of nitrogens with zero attached hydrogens (tertiary/aromatic N) is 1. The normalized spacial score (nSPS) is 15.4. The minimum Gasteiger partial charge on any atom is -0.464 e. The van der Waals surface area contributed by atoms with Gasteiger partial charge >= 0.3 is 0 Å². The lowest BCUT2D eigenvalue weighted by Gasteiger charge is -2.22. The minimum absolute atomic E-state index is 0.114. The van der Waals surface area contributed by atoms with Gasteiger partial charge in [0, 0.05) is 36.7 Å². The monoisotopic (exact) mass is 688 g/mol. The van der Waals surface area contributed by atoms with Crippen LogP contribution in [-0.4, -0.2) is 4.98 Å². The largest absolute Gasteiger partial charge is 0.464 e. The Morgan fingerprint density at radius 1 is 0.596 bits per heavy atom. The number of aromatic nitrogens is 1. The van der Waals surface area contributed by atoms with Crippen LogP contribution in [0.2, 0.25) is 0 Å². The average Bonchev–Trinajstić information content (AvgIpc) is 3.95. The first-order valence-electron chi connectivity index (χ1n) is 17.7. The van der Waals surface area contributed by atoms with E-state index in [1.165, 1.54) is 53.6 Å². The summed E-state index contributed by atoms with van der Waals surface area (Å²) >= 11 is 1.89. The van der Waals surface area contributed by atoms with Gasteiger partial charge in [-0.15, -0.1) is 11.3 Å². The zero-order valence-electron chi connectivity index (χ0n) is 28.6. The minimum atomic E-state index is -0.336. The highest BCUT2D eigenvalue weighted by Gasteiger charge is 2.36. The van der Waals surface area contributed by atoms with Crippen LogP contribution in [0.4, 0.5) is 5.69 Å². The van der Waals surface area contributed by atoms with Gasteiger partial charge in [0.2, 0.25) is 5.89 Å². The van der Waals surface area contributed by atoms with Crippen molar-refractivity contribution in [1.29, 1.82) is 0 Å². The number of nitrogens with one attached hydrogen (secondary N) is 1. The molecule has 0 amide bonds. The van der Waals surface area contributed by atoms with Gasteiger partial charge in [-0.2, -0.15) is 0 Å². The Morgan fingerprint density at radius 3 is 2.25 bits per heavy atom. The molecule has 7 aromatic carbocycles. The van der Waals surface area contributed by atoms with E-state index in [-0.39, 0.29) is 11.6 Å². The molecule has 1 aliphatic carbocycles. The number of oxazole rings is 1. The number of rotatable bonds is 4. The van der Waals surface area contributed by atoms with Gasteiger partial charge in [0.05, 0.1) is 5.69 Å². The van der Waals surface area contributed by atoms with Crippen molar-refractivity contribution in [2.75, 3.05) is 5.32 Å². The third-order valence-corrected chi connectivity index (χ3v) is 12.1. The average molecular weight is 689 g/mol. The molecule has 0 bridgehead atoms. The van der Waals surface area contributed by atoms with E-state index in [0.29, 0.717) is 5.89 Å². The summed E-state index contributed by atoms with van der Waals surface area (Å²) in [5.74, 6) is 1.43. The molecular formula is C47H32N2O2S. The molecule has 3 heterocycles. The van der Waals surface area contributed by atoms with Gasteiger partial charge in [-0.3, -0.25) is 0 Å². The number of para-hydroxylation sites is 4. The van der Waals surface area contributed by atoms with Crippen LogP contribution in [0.25, 0.3) is 76.1 Å². The van der Waals surface area contributed by atoms with Gasteiger partial charge in [-0.05, 0) is 117 Å². The highest BCUT2D eigenvalue weighted by Crippen LogP contribution is 2.52. The van der Waals surface area contributed by atoms with Crippen LogP contribution in [-0.2, 0) is 5.41 Å². The van der Waals surface area contributed by atoms with Gasteiger partial charge in [-0.1, -0.05) is 86.6 Å². The molecule has 0 saturated carbocycles. The summed E-state index contributed by atoms with van der Waals surface area (Å²) in [6.07, 6.45) is -0.336.